The number of halogens is 2. The molecule has 0 aliphatic rings. The Labute approximate surface area is 105 Å². The van der Waals surface area contributed by atoms with Crippen LogP contribution in [-0.4, -0.2) is 15.1 Å². The minimum Gasteiger partial charge on any atom is -0.372 e. The van der Waals surface area contributed by atoms with Crippen LogP contribution in [0.25, 0.3) is 0 Å². The van der Waals surface area contributed by atoms with Crippen molar-refractivity contribution in [2.45, 2.75) is 6.54 Å². The molecule has 0 amide bonds. The molecule has 2 rings (SSSR count). The van der Waals surface area contributed by atoms with Gasteiger partial charge in [-0.2, -0.15) is 4.98 Å². The van der Waals surface area contributed by atoms with Crippen LogP contribution in [0.1, 0.15) is 5.82 Å². The monoisotopic (exact) mass is 272 g/mol. The van der Waals surface area contributed by atoms with Gasteiger partial charge >= 0.3 is 0 Å². The fourth-order valence-corrected chi connectivity index (χ4v) is 1.43. The van der Waals surface area contributed by atoms with Gasteiger partial charge in [0.15, 0.2) is 5.82 Å². The third-order valence-electron chi connectivity index (χ3n) is 2.08. The Hall–Kier alpha value is -2.22. The number of rotatable bonds is 4. The summed E-state index contributed by atoms with van der Waals surface area (Å²) in [7, 11) is 0. The fraction of sp³-hybridized carbons (Fsp3) is 0.111. The highest BCUT2D eigenvalue weighted by molar-refractivity contribution is 6.31. The molecule has 0 saturated heterocycles. The lowest BCUT2D eigenvalue weighted by molar-refractivity contribution is -0.384. The fourth-order valence-electron chi connectivity index (χ4n) is 1.27. The quantitative estimate of drug-likeness (QED) is 0.678. The molecule has 0 aliphatic heterocycles. The van der Waals surface area contributed by atoms with Gasteiger partial charge in [0.2, 0.25) is 6.39 Å². The van der Waals surface area contributed by atoms with E-state index in [-0.39, 0.29) is 22.9 Å². The molecule has 18 heavy (non-hydrogen) atoms. The highest BCUT2D eigenvalue weighted by atomic mass is 35.5. The van der Waals surface area contributed by atoms with Gasteiger partial charge < -0.3 is 9.84 Å². The predicted octanol–water partition coefficient (Wildman–Crippen LogP) is 2.38. The normalized spacial score (nSPS) is 10.3. The molecule has 0 fully saturated rings. The number of nitro benzene ring substituents is 1. The molecule has 1 aromatic carbocycles. The Bertz CT molecular complexity index is 575. The largest absolute Gasteiger partial charge is 0.372 e. The van der Waals surface area contributed by atoms with Crippen molar-refractivity contribution in [3.8, 4) is 0 Å². The molecule has 0 bridgehead atoms. The number of anilines is 1. The molecule has 2 aromatic rings. The van der Waals surface area contributed by atoms with Crippen molar-refractivity contribution in [1.82, 2.24) is 10.1 Å². The summed E-state index contributed by atoms with van der Waals surface area (Å²) < 4.78 is 17.7. The lowest BCUT2D eigenvalue weighted by atomic mass is 10.2. The number of nitro groups is 1. The van der Waals surface area contributed by atoms with Gasteiger partial charge in [0, 0.05) is 12.1 Å². The maximum absolute atomic E-state index is 13.2. The smallest absolute Gasteiger partial charge is 0.294 e. The Kier molecular flexibility index (Phi) is 3.38. The maximum atomic E-state index is 13.2. The molecular weight excluding hydrogens is 267 g/mol. The van der Waals surface area contributed by atoms with Crippen molar-refractivity contribution in [2.75, 3.05) is 5.32 Å². The second-order valence-corrected chi connectivity index (χ2v) is 3.65. The third-order valence-corrected chi connectivity index (χ3v) is 2.37. The van der Waals surface area contributed by atoms with E-state index >= 15 is 0 Å². The zero-order chi connectivity index (χ0) is 13.1. The Balaban J connectivity index is 2.25. The first-order chi connectivity index (χ1) is 8.58. The molecule has 9 heteroatoms. The summed E-state index contributed by atoms with van der Waals surface area (Å²) in [5, 5.41) is 16.6. The molecule has 0 unspecified atom stereocenters. The van der Waals surface area contributed by atoms with Crippen molar-refractivity contribution in [3.05, 3.63) is 45.3 Å². The van der Waals surface area contributed by atoms with Gasteiger partial charge in [-0.05, 0) is 0 Å². The van der Waals surface area contributed by atoms with Gasteiger partial charge in [0.05, 0.1) is 16.5 Å². The number of benzene rings is 1. The number of hydrogen-bond acceptors (Lipinski definition) is 6. The minimum atomic E-state index is -0.752. The van der Waals surface area contributed by atoms with E-state index in [2.05, 4.69) is 20.0 Å². The Morgan fingerprint density at radius 3 is 2.94 bits per heavy atom. The van der Waals surface area contributed by atoms with Crippen LogP contribution in [0.2, 0.25) is 5.02 Å². The highest BCUT2D eigenvalue weighted by Gasteiger charge is 2.17. The second kappa shape index (κ2) is 4.96. The lowest BCUT2D eigenvalue weighted by Crippen LogP contribution is -2.04. The summed E-state index contributed by atoms with van der Waals surface area (Å²) in [6.45, 7) is 0.0679. The molecule has 1 aromatic heterocycles. The molecule has 7 nitrogen and oxygen atoms in total. The van der Waals surface area contributed by atoms with E-state index in [9.17, 15) is 14.5 Å². The first-order valence-electron chi connectivity index (χ1n) is 4.70. The van der Waals surface area contributed by atoms with E-state index in [1.165, 1.54) is 0 Å². The van der Waals surface area contributed by atoms with E-state index < -0.39 is 10.7 Å². The summed E-state index contributed by atoms with van der Waals surface area (Å²) in [6, 6.07) is 1.88. The predicted molar refractivity (Wildman–Crippen MR) is 59.7 cm³/mol. The van der Waals surface area contributed by atoms with Gasteiger partial charge in [-0.25, -0.2) is 4.39 Å². The van der Waals surface area contributed by atoms with E-state index in [4.69, 9.17) is 11.6 Å². The van der Waals surface area contributed by atoms with Crippen molar-refractivity contribution >= 4 is 23.0 Å². The summed E-state index contributed by atoms with van der Waals surface area (Å²) in [6.07, 6.45) is 1.12. The topological polar surface area (TPSA) is 94.1 Å². The minimum absolute atomic E-state index is 0.00769. The Morgan fingerprint density at radius 1 is 1.56 bits per heavy atom. The van der Waals surface area contributed by atoms with Crippen molar-refractivity contribution < 1.29 is 13.8 Å². The molecule has 94 valence electrons. The van der Waals surface area contributed by atoms with Gasteiger partial charge in [-0.15, -0.1) is 0 Å². The molecule has 0 spiro atoms. The van der Waals surface area contributed by atoms with Crippen LogP contribution in [0.3, 0.4) is 0 Å². The second-order valence-electron chi connectivity index (χ2n) is 3.24. The standard InChI is InChI=1S/C9H6ClFN4O3/c10-5-1-8(15(16)17)7(2-6(5)11)12-3-9-13-4-18-14-9/h1-2,4,12H,3H2. The summed E-state index contributed by atoms with van der Waals surface area (Å²) >= 11 is 5.48. The Morgan fingerprint density at radius 2 is 2.33 bits per heavy atom. The first kappa shape index (κ1) is 12.2. The van der Waals surface area contributed by atoms with Crippen LogP contribution in [0, 0.1) is 15.9 Å². The van der Waals surface area contributed by atoms with Crippen LogP contribution >= 0.6 is 11.6 Å². The van der Waals surface area contributed by atoms with E-state index in [1.807, 2.05) is 0 Å². The first-order valence-corrected chi connectivity index (χ1v) is 5.08. The summed E-state index contributed by atoms with van der Waals surface area (Å²) in [5.74, 6) is -0.461. The molecular formula is C9H6ClFN4O3. The number of hydrogen-bond donors (Lipinski definition) is 1. The van der Waals surface area contributed by atoms with Gasteiger partial charge in [-0.1, -0.05) is 16.8 Å². The van der Waals surface area contributed by atoms with E-state index in [1.54, 1.807) is 0 Å². The van der Waals surface area contributed by atoms with Crippen molar-refractivity contribution in [2.24, 2.45) is 0 Å². The molecule has 0 saturated carbocycles. The van der Waals surface area contributed by atoms with Crippen LogP contribution < -0.4 is 5.32 Å². The van der Waals surface area contributed by atoms with Crippen LogP contribution in [-0.2, 0) is 6.54 Å². The summed E-state index contributed by atoms with van der Waals surface area (Å²) in [4.78, 5) is 13.8. The van der Waals surface area contributed by atoms with Crippen molar-refractivity contribution in [1.29, 1.82) is 0 Å². The number of nitrogens with one attached hydrogen (secondary N) is 1. The molecule has 1 heterocycles. The zero-order valence-corrected chi connectivity index (χ0v) is 9.52. The van der Waals surface area contributed by atoms with Crippen LogP contribution in [0.15, 0.2) is 23.0 Å². The average molecular weight is 273 g/mol. The third kappa shape index (κ3) is 2.54. The van der Waals surface area contributed by atoms with E-state index in [0.717, 1.165) is 18.5 Å². The SMILES string of the molecule is O=[N+]([O-])c1cc(Cl)c(F)cc1NCc1ncon1. The zero-order valence-electron chi connectivity index (χ0n) is 8.76. The van der Waals surface area contributed by atoms with Crippen LogP contribution in [0.4, 0.5) is 15.8 Å². The highest BCUT2D eigenvalue weighted by Crippen LogP contribution is 2.30. The molecule has 1 N–H and O–H groups in total. The van der Waals surface area contributed by atoms with Crippen molar-refractivity contribution in [3.63, 3.8) is 0 Å². The van der Waals surface area contributed by atoms with Crippen LogP contribution in [0.5, 0.6) is 0 Å². The van der Waals surface area contributed by atoms with Gasteiger partial charge in [-0.3, -0.25) is 10.1 Å². The average Bonchev–Trinajstić information content (AvgIpc) is 2.83. The molecule has 0 atom stereocenters. The number of aromatic nitrogens is 2. The molecule has 0 aliphatic carbocycles. The maximum Gasteiger partial charge on any atom is 0.294 e. The summed E-state index contributed by atoms with van der Waals surface area (Å²) in [5.41, 5.74) is -0.336. The van der Waals surface area contributed by atoms with Gasteiger partial charge in [0.1, 0.15) is 11.5 Å². The molecule has 0 radical (unpaired) electrons. The lowest BCUT2D eigenvalue weighted by Gasteiger charge is -2.05. The van der Waals surface area contributed by atoms with E-state index in [0.29, 0.717) is 5.82 Å². The van der Waals surface area contributed by atoms with Gasteiger partial charge in [0.25, 0.3) is 5.69 Å². The number of nitrogens with zero attached hydrogens (tertiary/aromatic N) is 3.